The van der Waals surface area contributed by atoms with Crippen molar-refractivity contribution in [2.75, 3.05) is 32.1 Å². The highest BCUT2D eigenvalue weighted by Crippen LogP contribution is 2.23. The maximum absolute atomic E-state index is 12.2. The first-order chi connectivity index (χ1) is 10.1. The van der Waals surface area contributed by atoms with Gasteiger partial charge in [0.2, 0.25) is 5.91 Å². The second-order valence-electron chi connectivity index (χ2n) is 5.63. The zero-order chi connectivity index (χ0) is 15.2. The molecule has 1 heterocycles. The Hall–Kier alpha value is -1.75. The topological polar surface area (TPSA) is 67.6 Å². The zero-order valence-corrected chi connectivity index (χ0v) is 12.8. The number of nitrogens with zero attached hydrogens (tertiary/aromatic N) is 1. The number of nitrogens with one attached hydrogen (secondary N) is 1. The average molecular weight is 291 g/mol. The summed E-state index contributed by atoms with van der Waals surface area (Å²) in [5, 5.41) is 3.15. The summed E-state index contributed by atoms with van der Waals surface area (Å²) in [6.45, 7) is 3.95. The molecule has 1 aromatic carbocycles. The fraction of sp³-hybridized carbons (Fsp3) is 0.562. The Balaban J connectivity index is 1.83. The van der Waals surface area contributed by atoms with E-state index >= 15 is 0 Å². The van der Waals surface area contributed by atoms with Gasteiger partial charge in [-0.15, -0.1) is 0 Å². The summed E-state index contributed by atoms with van der Waals surface area (Å²) in [7, 11) is 1.63. The van der Waals surface area contributed by atoms with Crippen LogP contribution in [0.2, 0.25) is 0 Å². The number of methoxy groups -OCH3 is 1. The van der Waals surface area contributed by atoms with E-state index in [1.165, 1.54) is 0 Å². The van der Waals surface area contributed by atoms with Gasteiger partial charge in [-0.1, -0.05) is 12.1 Å². The lowest BCUT2D eigenvalue weighted by molar-refractivity contribution is -0.130. The molecule has 1 amide bonds. The van der Waals surface area contributed by atoms with Crippen LogP contribution in [-0.4, -0.2) is 43.6 Å². The van der Waals surface area contributed by atoms with Gasteiger partial charge in [0, 0.05) is 19.1 Å². The fourth-order valence-electron chi connectivity index (χ4n) is 2.75. The van der Waals surface area contributed by atoms with Crippen molar-refractivity contribution in [1.82, 2.24) is 4.90 Å². The third-order valence-electron chi connectivity index (χ3n) is 4.17. The number of nitrogens with two attached hydrogens (primary N) is 1. The van der Waals surface area contributed by atoms with Crippen molar-refractivity contribution in [1.29, 1.82) is 0 Å². The molecular formula is C16H25N3O2. The standard InChI is InChI=1S/C16H25N3O2/c1-12(17)13-7-9-19(10-8-13)16(20)11-18-14-5-3-4-6-15(14)21-2/h3-6,12-13,18H,7-11,17H2,1-2H3. The molecule has 0 aromatic heterocycles. The van der Waals surface area contributed by atoms with Crippen molar-refractivity contribution in [3.63, 3.8) is 0 Å². The number of hydrogen-bond acceptors (Lipinski definition) is 4. The van der Waals surface area contributed by atoms with Crippen LogP contribution in [0.15, 0.2) is 24.3 Å². The molecule has 5 heteroatoms. The number of hydrogen-bond donors (Lipinski definition) is 2. The molecule has 1 unspecified atom stereocenters. The molecule has 1 aromatic rings. The molecule has 0 spiro atoms. The van der Waals surface area contributed by atoms with Crippen LogP contribution in [-0.2, 0) is 4.79 Å². The molecule has 0 bridgehead atoms. The third-order valence-corrected chi connectivity index (χ3v) is 4.17. The van der Waals surface area contributed by atoms with Crippen molar-refractivity contribution in [3.05, 3.63) is 24.3 Å². The number of rotatable bonds is 5. The second kappa shape index (κ2) is 7.31. The molecule has 0 aliphatic carbocycles. The normalized spacial score (nSPS) is 17.4. The van der Waals surface area contributed by atoms with Gasteiger partial charge in [-0.2, -0.15) is 0 Å². The summed E-state index contributed by atoms with van der Waals surface area (Å²) in [5.74, 6) is 1.42. The number of piperidine rings is 1. The first-order valence-corrected chi connectivity index (χ1v) is 7.52. The smallest absolute Gasteiger partial charge is 0.241 e. The van der Waals surface area contributed by atoms with E-state index in [0.717, 1.165) is 37.4 Å². The maximum atomic E-state index is 12.2. The molecule has 0 saturated carbocycles. The van der Waals surface area contributed by atoms with E-state index in [1.807, 2.05) is 36.1 Å². The van der Waals surface area contributed by atoms with Gasteiger partial charge in [0.05, 0.1) is 19.3 Å². The first-order valence-electron chi connectivity index (χ1n) is 7.52. The lowest BCUT2D eigenvalue weighted by Gasteiger charge is -2.33. The lowest BCUT2D eigenvalue weighted by atomic mass is 9.91. The van der Waals surface area contributed by atoms with Crippen LogP contribution < -0.4 is 15.8 Å². The Morgan fingerprint density at radius 1 is 1.43 bits per heavy atom. The minimum Gasteiger partial charge on any atom is -0.495 e. The Kier molecular flexibility index (Phi) is 5.44. The van der Waals surface area contributed by atoms with Crippen LogP contribution in [0.25, 0.3) is 0 Å². The van der Waals surface area contributed by atoms with Crippen molar-refractivity contribution in [3.8, 4) is 5.75 Å². The quantitative estimate of drug-likeness (QED) is 0.866. The van der Waals surface area contributed by atoms with Gasteiger partial charge in [-0.3, -0.25) is 4.79 Å². The summed E-state index contributed by atoms with van der Waals surface area (Å²) in [5.41, 5.74) is 6.77. The monoisotopic (exact) mass is 291 g/mol. The van der Waals surface area contributed by atoms with Gasteiger partial charge in [-0.25, -0.2) is 0 Å². The number of amides is 1. The van der Waals surface area contributed by atoms with Crippen molar-refractivity contribution >= 4 is 11.6 Å². The molecule has 1 saturated heterocycles. The van der Waals surface area contributed by atoms with Crippen molar-refractivity contribution in [2.45, 2.75) is 25.8 Å². The van der Waals surface area contributed by atoms with E-state index in [9.17, 15) is 4.79 Å². The molecule has 1 atom stereocenters. The second-order valence-corrected chi connectivity index (χ2v) is 5.63. The van der Waals surface area contributed by atoms with E-state index in [2.05, 4.69) is 5.32 Å². The number of ether oxygens (including phenoxy) is 1. The maximum Gasteiger partial charge on any atom is 0.241 e. The van der Waals surface area contributed by atoms with Crippen molar-refractivity contribution < 1.29 is 9.53 Å². The molecule has 1 aliphatic rings. The molecule has 3 N–H and O–H groups in total. The number of para-hydroxylation sites is 2. The molecule has 0 radical (unpaired) electrons. The van der Waals surface area contributed by atoms with E-state index in [1.54, 1.807) is 7.11 Å². The Bertz CT molecular complexity index is 468. The summed E-state index contributed by atoms with van der Waals surface area (Å²) in [6.07, 6.45) is 2.00. The highest BCUT2D eigenvalue weighted by Gasteiger charge is 2.24. The predicted octanol–water partition coefficient (Wildman–Crippen LogP) is 1.69. The molecule has 2 rings (SSSR count). The third kappa shape index (κ3) is 4.11. The number of anilines is 1. The molecule has 1 fully saturated rings. The van der Waals surface area contributed by atoms with Crippen LogP contribution in [0, 0.1) is 5.92 Å². The summed E-state index contributed by atoms with van der Waals surface area (Å²) < 4.78 is 5.26. The van der Waals surface area contributed by atoms with E-state index in [4.69, 9.17) is 10.5 Å². The number of carbonyl (C=O) groups is 1. The largest absolute Gasteiger partial charge is 0.495 e. The predicted molar refractivity (Wildman–Crippen MR) is 84.4 cm³/mol. The summed E-state index contributed by atoms with van der Waals surface area (Å²) >= 11 is 0. The zero-order valence-electron chi connectivity index (χ0n) is 12.8. The van der Waals surface area contributed by atoms with Crippen LogP contribution >= 0.6 is 0 Å². The Morgan fingerprint density at radius 3 is 2.71 bits per heavy atom. The Labute approximate surface area is 126 Å². The summed E-state index contributed by atoms with van der Waals surface area (Å²) in [4.78, 5) is 14.2. The van der Waals surface area contributed by atoms with E-state index in [-0.39, 0.29) is 11.9 Å². The van der Waals surface area contributed by atoms with Crippen molar-refractivity contribution in [2.24, 2.45) is 11.7 Å². The van der Waals surface area contributed by atoms with Gasteiger partial charge >= 0.3 is 0 Å². The van der Waals surface area contributed by atoms with Crippen LogP contribution in [0.4, 0.5) is 5.69 Å². The SMILES string of the molecule is COc1ccccc1NCC(=O)N1CCC(C(C)N)CC1. The number of carbonyl (C=O) groups excluding carboxylic acids is 1. The molecular weight excluding hydrogens is 266 g/mol. The highest BCUT2D eigenvalue weighted by molar-refractivity contribution is 5.81. The number of benzene rings is 1. The minimum atomic E-state index is 0.129. The first kappa shape index (κ1) is 15.6. The van der Waals surface area contributed by atoms with Gasteiger partial charge in [0.1, 0.15) is 5.75 Å². The minimum absolute atomic E-state index is 0.129. The fourth-order valence-corrected chi connectivity index (χ4v) is 2.75. The van der Waals surface area contributed by atoms with Gasteiger partial charge < -0.3 is 20.7 Å². The lowest BCUT2D eigenvalue weighted by Crippen LogP contribution is -2.44. The van der Waals surface area contributed by atoms with Gasteiger partial charge in [0.15, 0.2) is 0 Å². The Morgan fingerprint density at radius 2 is 2.10 bits per heavy atom. The van der Waals surface area contributed by atoms with Gasteiger partial charge in [0.25, 0.3) is 0 Å². The molecule has 21 heavy (non-hydrogen) atoms. The molecule has 5 nitrogen and oxygen atoms in total. The van der Waals surface area contributed by atoms with Crippen LogP contribution in [0.3, 0.4) is 0 Å². The summed E-state index contributed by atoms with van der Waals surface area (Å²) in [6, 6.07) is 7.83. The highest BCUT2D eigenvalue weighted by atomic mass is 16.5. The molecule has 116 valence electrons. The average Bonchev–Trinajstić information content (AvgIpc) is 2.52. The van der Waals surface area contributed by atoms with Crippen LogP contribution in [0.5, 0.6) is 5.75 Å². The van der Waals surface area contributed by atoms with Crippen LogP contribution in [0.1, 0.15) is 19.8 Å². The molecule has 1 aliphatic heterocycles. The van der Waals surface area contributed by atoms with E-state index < -0.39 is 0 Å². The van der Waals surface area contributed by atoms with E-state index in [0.29, 0.717) is 12.5 Å². The number of likely N-dealkylation sites (tertiary alicyclic amines) is 1. The van der Waals surface area contributed by atoms with Gasteiger partial charge in [-0.05, 0) is 37.8 Å².